The van der Waals surface area contributed by atoms with Crippen molar-refractivity contribution in [2.75, 3.05) is 0 Å². The summed E-state index contributed by atoms with van der Waals surface area (Å²) < 4.78 is 5.32. The molecule has 0 aromatic heterocycles. The highest BCUT2D eigenvalue weighted by Gasteiger charge is 2.61. The first-order valence-electron chi connectivity index (χ1n) is 11.9. The van der Waals surface area contributed by atoms with Crippen LogP contribution in [0.4, 0.5) is 4.79 Å². The average Bonchev–Trinajstić information content (AvgIpc) is 3.25. The van der Waals surface area contributed by atoms with Crippen LogP contribution >= 0.6 is 0 Å². The van der Waals surface area contributed by atoms with Gasteiger partial charge >= 0.3 is 12.1 Å². The highest BCUT2D eigenvalue weighted by molar-refractivity contribution is 5.96. The Hall–Kier alpha value is -2.42. The number of ether oxygens (including phenoxy) is 1. The van der Waals surface area contributed by atoms with Crippen LogP contribution in [0.5, 0.6) is 0 Å². The minimum Gasteiger partial charge on any atom is -0.479 e. The first-order chi connectivity index (χ1) is 15.4. The van der Waals surface area contributed by atoms with Crippen molar-refractivity contribution in [3.63, 3.8) is 0 Å². The van der Waals surface area contributed by atoms with Crippen LogP contribution in [-0.4, -0.2) is 57.3 Å². The maximum absolute atomic E-state index is 13.5. The van der Waals surface area contributed by atoms with Gasteiger partial charge in [0, 0.05) is 11.8 Å². The van der Waals surface area contributed by atoms with Crippen LogP contribution in [0.25, 0.3) is 0 Å². The molecule has 2 aliphatic carbocycles. The highest BCUT2D eigenvalue weighted by Crippen LogP contribution is 2.46. The van der Waals surface area contributed by atoms with Gasteiger partial charge in [-0.25, -0.2) is 9.59 Å². The number of hydrogen-bond acceptors (Lipinski definition) is 6. The zero-order chi connectivity index (χ0) is 24.4. The van der Waals surface area contributed by atoms with Gasteiger partial charge < -0.3 is 25.6 Å². The first-order valence-corrected chi connectivity index (χ1v) is 11.9. The minimum atomic E-state index is -1.36. The maximum atomic E-state index is 13.5. The number of nitrogens with one attached hydrogen (secondary N) is 2. The summed E-state index contributed by atoms with van der Waals surface area (Å²) >= 11 is 0. The molecule has 9 nitrogen and oxygen atoms in total. The fraction of sp³-hybridized carbons (Fsp3) is 0.750. The number of allylic oxidation sites excluding steroid dienone is 1. The van der Waals surface area contributed by atoms with Crippen molar-refractivity contribution in [3.05, 3.63) is 12.2 Å². The zero-order valence-electron chi connectivity index (χ0n) is 19.6. The van der Waals surface area contributed by atoms with Crippen molar-refractivity contribution in [1.29, 1.82) is 0 Å². The van der Waals surface area contributed by atoms with Crippen LogP contribution in [0, 0.1) is 17.8 Å². The molecule has 2 amide bonds. The molecule has 6 atom stereocenters. The Morgan fingerprint density at radius 1 is 1.15 bits per heavy atom. The molecule has 0 aromatic rings. The molecule has 0 spiro atoms. The van der Waals surface area contributed by atoms with Gasteiger partial charge in [0.1, 0.15) is 11.1 Å². The monoisotopic (exact) mass is 464 g/mol. The molecule has 9 heteroatoms. The van der Waals surface area contributed by atoms with E-state index in [2.05, 4.69) is 10.6 Å². The van der Waals surface area contributed by atoms with Crippen molar-refractivity contribution in [2.45, 2.75) is 95.4 Å². The number of alkyl carbamates (subject to hydrolysis) is 1. The van der Waals surface area contributed by atoms with E-state index in [-0.39, 0.29) is 24.5 Å². The standard InChI is InChI=1S/C24H36N2O7/c1-23(2,3)33-22(32)25-18-10-8-6-4-5-7-9-14-13-24(14,21(30)31)26-20(29)17-12-15(27)11-16(17)19(18)28/h7,9,14-18,27H,4-6,8,10-13H2,1-3H3,(H,25,32)(H,26,29)(H,30,31)/b9-7-/t14-,15+,16?,17-,18+,24-/m1/s1. The Morgan fingerprint density at radius 2 is 1.85 bits per heavy atom. The number of fused-ring (bicyclic) bond motifs is 2. The largest absolute Gasteiger partial charge is 0.479 e. The van der Waals surface area contributed by atoms with E-state index in [1.807, 2.05) is 12.2 Å². The third kappa shape index (κ3) is 6.13. The summed E-state index contributed by atoms with van der Waals surface area (Å²) in [6, 6.07) is -0.840. The van der Waals surface area contributed by atoms with Crippen molar-refractivity contribution in [3.8, 4) is 0 Å². The van der Waals surface area contributed by atoms with E-state index in [0.29, 0.717) is 19.3 Å². The van der Waals surface area contributed by atoms with Gasteiger partial charge in [-0.1, -0.05) is 25.0 Å². The molecule has 184 valence electrons. The SMILES string of the molecule is CC(C)(C)OC(=O)N[C@H]1CCCCC/C=C\[C@@H]2C[C@@]2(C(=O)O)NC(=O)[C@@H]2C[C@@H](O)CC2C1=O. The maximum Gasteiger partial charge on any atom is 0.408 e. The molecule has 33 heavy (non-hydrogen) atoms. The van der Waals surface area contributed by atoms with Crippen molar-refractivity contribution in [1.82, 2.24) is 10.6 Å². The van der Waals surface area contributed by atoms with Crippen molar-refractivity contribution >= 4 is 23.8 Å². The van der Waals surface area contributed by atoms with Crippen LogP contribution in [0.1, 0.15) is 72.1 Å². The fourth-order valence-electron chi connectivity index (χ4n) is 4.93. The summed E-state index contributed by atoms with van der Waals surface area (Å²) in [6.45, 7) is 5.19. The molecule has 0 radical (unpaired) electrons. The predicted octanol–water partition coefficient (Wildman–Crippen LogP) is 2.32. The number of aliphatic hydroxyl groups is 1. The van der Waals surface area contributed by atoms with Crippen LogP contribution in [0.15, 0.2) is 12.2 Å². The number of ketones is 1. The molecular formula is C24H36N2O7. The molecule has 3 rings (SSSR count). The van der Waals surface area contributed by atoms with Gasteiger partial charge in [-0.2, -0.15) is 0 Å². The van der Waals surface area contributed by atoms with Gasteiger partial charge in [0.05, 0.1) is 18.1 Å². The smallest absolute Gasteiger partial charge is 0.408 e. The number of carbonyl (C=O) groups is 4. The van der Waals surface area contributed by atoms with E-state index < -0.39 is 53.1 Å². The number of carboxylic acid groups (broad SMARTS) is 1. The lowest BCUT2D eigenvalue weighted by atomic mass is 9.86. The molecule has 0 bridgehead atoms. The van der Waals surface area contributed by atoms with E-state index >= 15 is 0 Å². The van der Waals surface area contributed by atoms with Crippen LogP contribution in [-0.2, 0) is 19.1 Å². The molecule has 4 N–H and O–H groups in total. The molecule has 2 fully saturated rings. The Morgan fingerprint density at radius 3 is 2.52 bits per heavy atom. The summed E-state index contributed by atoms with van der Waals surface area (Å²) in [5.41, 5.74) is -2.08. The Bertz CT molecular complexity index is 818. The summed E-state index contributed by atoms with van der Waals surface area (Å²) in [4.78, 5) is 50.9. The van der Waals surface area contributed by atoms with E-state index in [4.69, 9.17) is 4.74 Å². The molecule has 1 unspecified atom stereocenters. The summed E-state index contributed by atoms with van der Waals surface area (Å²) in [7, 11) is 0. The average molecular weight is 465 g/mol. The van der Waals surface area contributed by atoms with E-state index in [9.17, 15) is 29.4 Å². The normalized spacial score (nSPS) is 36.3. The molecular weight excluding hydrogens is 428 g/mol. The van der Waals surface area contributed by atoms with Crippen LogP contribution in [0.3, 0.4) is 0 Å². The number of aliphatic hydroxyl groups excluding tert-OH is 1. The Labute approximate surface area is 194 Å². The summed E-state index contributed by atoms with van der Waals surface area (Å²) in [6.07, 6.45) is 6.34. The molecule has 0 aromatic carbocycles. The van der Waals surface area contributed by atoms with Crippen molar-refractivity contribution in [2.24, 2.45) is 17.8 Å². The lowest BCUT2D eigenvalue weighted by molar-refractivity contribution is -0.144. The predicted molar refractivity (Wildman–Crippen MR) is 119 cm³/mol. The number of aliphatic carboxylic acids is 1. The van der Waals surface area contributed by atoms with E-state index in [0.717, 1.165) is 19.3 Å². The second kappa shape index (κ2) is 9.83. The Balaban J connectivity index is 1.83. The van der Waals surface area contributed by atoms with Crippen LogP contribution < -0.4 is 10.6 Å². The topological polar surface area (TPSA) is 142 Å². The summed E-state index contributed by atoms with van der Waals surface area (Å²) in [5, 5.41) is 25.4. The first kappa shape index (κ1) is 25.2. The number of hydrogen-bond donors (Lipinski definition) is 4. The van der Waals surface area contributed by atoms with Gasteiger partial charge in [-0.3, -0.25) is 9.59 Å². The van der Waals surface area contributed by atoms with Gasteiger partial charge in [0.15, 0.2) is 5.78 Å². The Kier molecular flexibility index (Phi) is 7.51. The number of carbonyl (C=O) groups excluding carboxylic acids is 3. The third-order valence-electron chi connectivity index (χ3n) is 6.75. The van der Waals surface area contributed by atoms with Gasteiger partial charge in [0.25, 0.3) is 0 Å². The molecule has 3 aliphatic rings. The van der Waals surface area contributed by atoms with Crippen molar-refractivity contribution < 1.29 is 34.1 Å². The molecule has 1 aliphatic heterocycles. The molecule has 0 saturated heterocycles. The number of amides is 2. The summed E-state index contributed by atoms with van der Waals surface area (Å²) in [5.74, 6) is -3.88. The molecule has 2 saturated carbocycles. The van der Waals surface area contributed by atoms with Gasteiger partial charge in [-0.15, -0.1) is 0 Å². The number of carboxylic acids is 1. The number of rotatable bonds is 2. The quantitative estimate of drug-likeness (QED) is 0.459. The van der Waals surface area contributed by atoms with E-state index in [1.54, 1.807) is 20.8 Å². The second-order valence-corrected chi connectivity index (χ2v) is 10.6. The molecule has 1 heterocycles. The number of Topliss-reactive ketones (excluding diaryl/α,β-unsaturated/α-hetero) is 1. The second-order valence-electron chi connectivity index (χ2n) is 10.6. The highest BCUT2D eigenvalue weighted by atomic mass is 16.6. The van der Waals surface area contributed by atoms with E-state index in [1.165, 1.54) is 0 Å². The lowest BCUT2D eigenvalue weighted by Crippen LogP contribution is -2.50. The fourth-order valence-corrected chi connectivity index (χ4v) is 4.93. The van der Waals surface area contributed by atoms with Crippen LogP contribution in [0.2, 0.25) is 0 Å². The van der Waals surface area contributed by atoms with Gasteiger partial charge in [-0.05, 0) is 59.3 Å². The van der Waals surface area contributed by atoms with Gasteiger partial charge in [0.2, 0.25) is 5.91 Å². The minimum absolute atomic E-state index is 0.0810. The zero-order valence-corrected chi connectivity index (χ0v) is 19.6. The third-order valence-corrected chi connectivity index (χ3v) is 6.75. The lowest BCUT2D eigenvalue weighted by Gasteiger charge is -2.27.